The van der Waals surface area contributed by atoms with Gasteiger partial charge in [0.15, 0.2) is 11.5 Å². The number of ether oxygens (including phenoxy) is 4. The molecule has 3 aromatic heterocycles. The van der Waals surface area contributed by atoms with E-state index in [0.29, 0.717) is 28.9 Å². The number of rotatable bonds is 7. The summed E-state index contributed by atoms with van der Waals surface area (Å²) < 4.78 is 22.5. The predicted octanol–water partition coefficient (Wildman–Crippen LogP) is 2.35. The first kappa shape index (κ1) is 19.1. The van der Waals surface area contributed by atoms with Crippen LogP contribution in [0.25, 0.3) is 5.82 Å². The van der Waals surface area contributed by atoms with Crippen molar-refractivity contribution < 1.29 is 23.7 Å². The van der Waals surface area contributed by atoms with E-state index in [1.807, 2.05) is 0 Å². The minimum Gasteiger partial charge on any atom is -0.481 e. The quantitative estimate of drug-likeness (QED) is 0.566. The molecule has 28 heavy (non-hydrogen) atoms. The molecule has 0 spiro atoms. The zero-order chi connectivity index (χ0) is 20.1. The van der Waals surface area contributed by atoms with Gasteiger partial charge in [0.25, 0.3) is 0 Å². The lowest BCUT2D eigenvalue weighted by Crippen LogP contribution is -2.14. The molecule has 0 atom stereocenters. The Morgan fingerprint density at radius 1 is 1.11 bits per heavy atom. The highest BCUT2D eigenvalue weighted by atomic mass is 16.5. The highest BCUT2D eigenvalue weighted by molar-refractivity contribution is 5.88. The normalized spacial score (nSPS) is 10.4. The maximum absolute atomic E-state index is 12.1. The highest BCUT2D eigenvalue weighted by Crippen LogP contribution is 2.28. The summed E-state index contributed by atoms with van der Waals surface area (Å²) in [5.41, 5.74) is 0.885. The molecule has 0 aliphatic heterocycles. The molecule has 0 aliphatic carbocycles. The third kappa shape index (κ3) is 3.85. The number of methoxy groups -OCH3 is 2. The maximum atomic E-state index is 12.1. The molecule has 0 aromatic carbocycles. The van der Waals surface area contributed by atoms with E-state index in [4.69, 9.17) is 18.9 Å². The van der Waals surface area contributed by atoms with Crippen LogP contribution < -0.4 is 14.2 Å². The molecule has 146 valence electrons. The van der Waals surface area contributed by atoms with E-state index in [2.05, 4.69) is 20.1 Å². The number of aromatic nitrogens is 5. The minimum atomic E-state index is -0.492. The third-order valence-electron chi connectivity index (χ3n) is 3.73. The summed E-state index contributed by atoms with van der Waals surface area (Å²) >= 11 is 0. The van der Waals surface area contributed by atoms with E-state index in [-0.39, 0.29) is 18.3 Å². The van der Waals surface area contributed by atoms with Gasteiger partial charge in [0.1, 0.15) is 5.75 Å². The summed E-state index contributed by atoms with van der Waals surface area (Å²) in [4.78, 5) is 24.7. The van der Waals surface area contributed by atoms with Gasteiger partial charge in [-0.15, -0.1) is 0 Å². The number of carbonyl (C=O) groups excluding carboxylic acids is 1. The predicted molar refractivity (Wildman–Crippen MR) is 97.3 cm³/mol. The Labute approximate surface area is 161 Å². The van der Waals surface area contributed by atoms with Crippen LogP contribution in [-0.4, -0.2) is 51.5 Å². The summed E-state index contributed by atoms with van der Waals surface area (Å²) in [6, 6.07) is 4.79. The lowest BCUT2D eigenvalue weighted by molar-refractivity contribution is 0.0515. The molecular weight excluding hydrogens is 366 g/mol. The van der Waals surface area contributed by atoms with Crippen LogP contribution in [0.3, 0.4) is 0 Å². The zero-order valence-electron chi connectivity index (χ0n) is 15.9. The number of carbonyl (C=O) groups is 1. The van der Waals surface area contributed by atoms with Gasteiger partial charge < -0.3 is 18.9 Å². The zero-order valence-corrected chi connectivity index (χ0v) is 15.9. The van der Waals surface area contributed by atoms with Crippen molar-refractivity contribution >= 4 is 5.97 Å². The first-order chi connectivity index (χ1) is 13.6. The van der Waals surface area contributed by atoms with Crippen LogP contribution in [0.2, 0.25) is 0 Å². The van der Waals surface area contributed by atoms with Crippen LogP contribution in [0.1, 0.15) is 23.0 Å². The van der Waals surface area contributed by atoms with Gasteiger partial charge in [0.2, 0.25) is 11.8 Å². The Balaban J connectivity index is 1.97. The molecule has 10 heteroatoms. The lowest BCUT2D eigenvalue weighted by Gasteiger charge is -2.13. The second-order valence-corrected chi connectivity index (χ2v) is 5.44. The largest absolute Gasteiger partial charge is 0.481 e. The first-order valence-electron chi connectivity index (χ1n) is 8.39. The molecule has 10 nitrogen and oxygen atoms in total. The van der Waals surface area contributed by atoms with Gasteiger partial charge >= 0.3 is 12.0 Å². The van der Waals surface area contributed by atoms with Crippen LogP contribution in [0, 0.1) is 6.92 Å². The van der Waals surface area contributed by atoms with E-state index in [1.54, 1.807) is 26.0 Å². The Hall–Kier alpha value is -3.69. The Morgan fingerprint density at radius 3 is 2.46 bits per heavy atom. The number of nitrogens with zero attached hydrogens (tertiary/aromatic N) is 5. The van der Waals surface area contributed by atoms with Crippen LogP contribution >= 0.6 is 0 Å². The second kappa shape index (κ2) is 8.33. The summed E-state index contributed by atoms with van der Waals surface area (Å²) in [5.74, 6) is 0.954. The lowest BCUT2D eigenvalue weighted by atomic mass is 10.2. The van der Waals surface area contributed by atoms with Gasteiger partial charge in [-0.25, -0.2) is 14.5 Å². The molecular formula is C18H19N5O5. The molecule has 0 saturated heterocycles. The number of hydrogen-bond acceptors (Lipinski definition) is 9. The van der Waals surface area contributed by atoms with E-state index in [0.717, 1.165) is 0 Å². The van der Waals surface area contributed by atoms with Gasteiger partial charge in [-0.3, -0.25) is 0 Å². The van der Waals surface area contributed by atoms with Gasteiger partial charge in [-0.05, 0) is 26.0 Å². The van der Waals surface area contributed by atoms with Crippen molar-refractivity contribution in [3.63, 3.8) is 0 Å². The van der Waals surface area contributed by atoms with Crippen molar-refractivity contribution in [3.8, 4) is 29.3 Å². The number of esters is 1. The van der Waals surface area contributed by atoms with E-state index < -0.39 is 5.97 Å². The molecule has 0 unspecified atom stereocenters. The molecule has 3 rings (SSSR count). The van der Waals surface area contributed by atoms with Crippen molar-refractivity contribution in [2.24, 2.45) is 0 Å². The number of hydrogen-bond donors (Lipinski definition) is 0. The Bertz CT molecular complexity index is 966. The second-order valence-electron chi connectivity index (χ2n) is 5.44. The van der Waals surface area contributed by atoms with Crippen molar-refractivity contribution in [2.45, 2.75) is 13.8 Å². The van der Waals surface area contributed by atoms with Gasteiger partial charge in [-0.1, -0.05) is 0 Å². The van der Waals surface area contributed by atoms with Crippen molar-refractivity contribution in [1.82, 2.24) is 24.7 Å². The summed E-state index contributed by atoms with van der Waals surface area (Å²) in [7, 11) is 2.96. The molecule has 3 aromatic rings. The van der Waals surface area contributed by atoms with Crippen molar-refractivity contribution in [1.29, 1.82) is 0 Å². The monoisotopic (exact) mass is 385 g/mol. The number of pyridine rings is 1. The molecule has 0 radical (unpaired) electrons. The SMILES string of the molecule is CCOC(=O)c1ccnn1-c1nccc(Oc2nc(OC)cc(OC)n2)c1C. The standard InChI is InChI=1S/C18H19N5O5/c1-5-27-17(24)12-6-9-20-23(12)16-11(2)13(7-8-19-16)28-18-21-14(25-3)10-15(22-18)26-4/h6-10H,5H2,1-4H3. The molecule has 0 saturated carbocycles. The van der Waals surface area contributed by atoms with Gasteiger partial charge in [0.05, 0.1) is 33.1 Å². The Morgan fingerprint density at radius 2 is 1.82 bits per heavy atom. The van der Waals surface area contributed by atoms with Crippen molar-refractivity contribution in [3.05, 3.63) is 41.9 Å². The molecule has 3 heterocycles. The third-order valence-corrected chi connectivity index (χ3v) is 3.73. The van der Waals surface area contributed by atoms with Crippen LogP contribution in [0.5, 0.6) is 23.5 Å². The van der Waals surface area contributed by atoms with Crippen LogP contribution in [0.4, 0.5) is 0 Å². The molecule has 0 bridgehead atoms. The smallest absolute Gasteiger partial charge is 0.357 e. The topological polar surface area (TPSA) is 110 Å². The highest BCUT2D eigenvalue weighted by Gasteiger charge is 2.19. The van der Waals surface area contributed by atoms with Crippen molar-refractivity contribution in [2.75, 3.05) is 20.8 Å². The summed E-state index contributed by atoms with van der Waals surface area (Å²) in [6.07, 6.45) is 3.03. The van der Waals surface area contributed by atoms with Gasteiger partial charge in [0, 0.05) is 11.8 Å². The van der Waals surface area contributed by atoms with Gasteiger partial charge in [-0.2, -0.15) is 15.1 Å². The fraction of sp³-hybridized carbons (Fsp3) is 0.278. The summed E-state index contributed by atoms with van der Waals surface area (Å²) in [6.45, 7) is 3.78. The fourth-order valence-electron chi connectivity index (χ4n) is 2.40. The van der Waals surface area contributed by atoms with E-state index in [1.165, 1.54) is 37.4 Å². The molecule has 0 aliphatic rings. The average Bonchev–Trinajstić information content (AvgIpc) is 3.19. The van der Waals surface area contributed by atoms with E-state index in [9.17, 15) is 4.79 Å². The molecule has 0 amide bonds. The molecule has 0 N–H and O–H groups in total. The van der Waals surface area contributed by atoms with E-state index >= 15 is 0 Å². The minimum absolute atomic E-state index is 0.0440. The van der Waals surface area contributed by atoms with Crippen LogP contribution in [0.15, 0.2) is 30.6 Å². The van der Waals surface area contributed by atoms with Crippen LogP contribution in [-0.2, 0) is 4.74 Å². The summed E-state index contributed by atoms with van der Waals surface area (Å²) in [5, 5.41) is 4.18. The fourth-order valence-corrected chi connectivity index (χ4v) is 2.40. The first-order valence-corrected chi connectivity index (χ1v) is 8.39. The average molecular weight is 385 g/mol. The Kier molecular flexibility index (Phi) is 5.68. The molecule has 0 fully saturated rings. The maximum Gasteiger partial charge on any atom is 0.357 e.